The number of aliphatic hydroxyl groups excluding tert-OH is 1. The minimum atomic E-state index is -0.212. The number of allylic oxidation sites excluding steroid dienone is 4. The third-order valence-electron chi connectivity index (χ3n) is 3.24. The Morgan fingerprint density at radius 2 is 1.70 bits per heavy atom. The van der Waals surface area contributed by atoms with Crippen molar-refractivity contribution in [2.45, 2.75) is 79.2 Å². The van der Waals surface area contributed by atoms with Gasteiger partial charge in [-0.2, -0.15) is 0 Å². The molecule has 0 aliphatic heterocycles. The summed E-state index contributed by atoms with van der Waals surface area (Å²) in [7, 11) is 0. The summed E-state index contributed by atoms with van der Waals surface area (Å²) in [5.74, 6) is 0.687. The van der Waals surface area contributed by atoms with Crippen molar-refractivity contribution in [3.8, 4) is 0 Å². The average Bonchev–Trinajstić information content (AvgIpc) is 2.26. The van der Waals surface area contributed by atoms with Crippen LogP contribution >= 0.6 is 0 Å². The molecule has 0 spiro atoms. The van der Waals surface area contributed by atoms with E-state index in [1.165, 1.54) is 11.1 Å². The summed E-state index contributed by atoms with van der Waals surface area (Å²) in [6.45, 7) is 10.2. The molecule has 2 heteroatoms. The normalized spacial score (nSPS) is 14.8. The van der Waals surface area contributed by atoms with E-state index in [1.54, 1.807) is 0 Å². The highest BCUT2D eigenvalue weighted by Gasteiger charge is 2.02. The first-order chi connectivity index (χ1) is 9.31. The fourth-order valence-corrected chi connectivity index (χ4v) is 2.13. The van der Waals surface area contributed by atoms with Gasteiger partial charge < -0.3 is 5.11 Å². The monoisotopic (exact) mass is 280 g/mol. The second-order valence-corrected chi connectivity index (χ2v) is 6.39. The maximum atomic E-state index is 11.7. The van der Waals surface area contributed by atoms with Crippen molar-refractivity contribution in [3.63, 3.8) is 0 Å². The minimum Gasteiger partial charge on any atom is -0.393 e. The quantitative estimate of drug-likeness (QED) is 0.460. The van der Waals surface area contributed by atoms with E-state index in [9.17, 15) is 9.90 Å². The van der Waals surface area contributed by atoms with Crippen LogP contribution in [0.4, 0.5) is 0 Å². The zero-order chi connectivity index (χ0) is 15.5. The molecule has 0 amide bonds. The van der Waals surface area contributed by atoms with Crippen molar-refractivity contribution in [1.29, 1.82) is 0 Å². The smallest absolute Gasteiger partial charge is 0.155 e. The van der Waals surface area contributed by atoms with Crippen LogP contribution in [0.25, 0.3) is 0 Å². The molecule has 0 aliphatic carbocycles. The summed E-state index contributed by atoms with van der Waals surface area (Å²) < 4.78 is 0. The molecular weight excluding hydrogens is 248 g/mol. The fourth-order valence-electron chi connectivity index (χ4n) is 2.13. The van der Waals surface area contributed by atoms with Crippen molar-refractivity contribution >= 4 is 5.78 Å². The van der Waals surface area contributed by atoms with Gasteiger partial charge >= 0.3 is 0 Å². The van der Waals surface area contributed by atoms with E-state index >= 15 is 0 Å². The fraction of sp³-hybridized carbons (Fsp3) is 0.722. The molecule has 1 atom stereocenters. The molecular formula is C18H32O2. The topological polar surface area (TPSA) is 37.3 Å². The van der Waals surface area contributed by atoms with Crippen LogP contribution in [0.15, 0.2) is 23.3 Å². The van der Waals surface area contributed by atoms with Gasteiger partial charge in [0.05, 0.1) is 6.10 Å². The molecule has 1 unspecified atom stereocenters. The second kappa shape index (κ2) is 10.8. The van der Waals surface area contributed by atoms with Gasteiger partial charge in [0.25, 0.3) is 0 Å². The second-order valence-electron chi connectivity index (χ2n) is 6.39. The van der Waals surface area contributed by atoms with Crippen molar-refractivity contribution in [2.75, 3.05) is 0 Å². The van der Waals surface area contributed by atoms with Gasteiger partial charge in [-0.05, 0) is 64.9 Å². The first-order valence-electron chi connectivity index (χ1n) is 7.85. The Hall–Kier alpha value is -0.890. The molecule has 0 fully saturated rings. The molecule has 0 aliphatic rings. The number of carbonyl (C=O) groups excluding carboxylic acids is 1. The highest BCUT2D eigenvalue weighted by atomic mass is 16.3. The molecule has 2 nitrogen and oxygen atoms in total. The molecule has 0 aromatic rings. The van der Waals surface area contributed by atoms with Crippen molar-refractivity contribution in [2.24, 2.45) is 5.92 Å². The Morgan fingerprint density at radius 1 is 1.10 bits per heavy atom. The first-order valence-corrected chi connectivity index (χ1v) is 7.85. The first kappa shape index (κ1) is 19.1. The molecule has 0 bridgehead atoms. The van der Waals surface area contributed by atoms with Crippen LogP contribution in [0, 0.1) is 5.92 Å². The molecule has 1 N–H and O–H groups in total. The Bertz CT molecular complexity index is 335. The number of ketones is 1. The maximum Gasteiger partial charge on any atom is 0.155 e. The Labute approximate surface area is 125 Å². The van der Waals surface area contributed by atoms with Crippen LogP contribution in [-0.4, -0.2) is 17.0 Å². The van der Waals surface area contributed by atoms with Gasteiger partial charge in [-0.25, -0.2) is 0 Å². The molecule has 20 heavy (non-hydrogen) atoms. The van der Waals surface area contributed by atoms with Gasteiger partial charge in [-0.15, -0.1) is 0 Å². The van der Waals surface area contributed by atoms with E-state index < -0.39 is 0 Å². The van der Waals surface area contributed by atoms with Gasteiger partial charge in [-0.3, -0.25) is 4.79 Å². The maximum absolute atomic E-state index is 11.7. The minimum absolute atomic E-state index is 0.212. The lowest BCUT2D eigenvalue weighted by Gasteiger charge is -2.05. The number of hydrogen-bond donors (Lipinski definition) is 1. The highest BCUT2D eigenvalue weighted by molar-refractivity contribution is 5.90. The van der Waals surface area contributed by atoms with E-state index in [-0.39, 0.29) is 11.9 Å². The lowest BCUT2D eigenvalue weighted by Crippen LogP contribution is -1.99. The summed E-state index contributed by atoms with van der Waals surface area (Å²) in [5.41, 5.74) is 2.57. The average molecular weight is 280 g/mol. The van der Waals surface area contributed by atoms with Crippen LogP contribution in [0.5, 0.6) is 0 Å². The van der Waals surface area contributed by atoms with E-state index in [0.29, 0.717) is 12.3 Å². The molecule has 0 heterocycles. The van der Waals surface area contributed by atoms with Crippen LogP contribution in [0.2, 0.25) is 0 Å². The third kappa shape index (κ3) is 12.2. The Morgan fingerprint density at radius 3 is 2.25 bits per heavy atom. The SMILES string of the molecule is C/C(=C\CCC(C)O)CCC/C(C)=C/C(=O)CC(C)C. The van der Waals surface area contributed by atoms with Gasteiger partial charge in [0.1, 0.15) is 0 Å². The van der Waals surface area contributed by atoms with Gasteiger partial charge in [0.15, 0.2) is 5.78 Å². The zero-order valence-electron chi connectivity index (χ0n) is 13.9. The number of hydrogen-bond acceptors (Lipinski definition) is 2. The van der Waals surface area contributed by atoms with Crippen LogP contribution in [0.1, 0.15) is 73.1 Å². The largest absolute Gasteiger partial charge is 0.393 e. The van der Waals surface area contributed by atoms with Crippen LogP contribution in [0.3, 0.4) is 0 Å². The zero-order valence-corrected chi connectivity index (χ0v) is 13.9. The van der Waals surface area contributed by atoms with Gasteiger partial charge in [-0.1, -0.05) is 31.1 Å². The predicted octanol–water partition coefficient (Wildman–Crippen LogP) is 4.83. The standard InChI is InChI=1S/C18H32O2/c1-14(2)12-18(20)13-16(4)10-6-8-15(3)9-7-11-17(5)19/h9,13-14,17,19H,6-8,10-12H2,1-5H3/b15-9+,16-13+. The lowest BCUT2D eigenvalue weighted by molar-refractivity contribution is -0.115. The predicted molar refractivity (Wildman–Crippen MR) is 86.7 cm³/mol. The van der Waals surface area contributed by atoms with E-state index in [0.717, 1.165) is 32.1 Å². The van der Waals surface area contributed by atoms with E-state index in [4.69, 9.17) is 0 Å². The van der Waals surface area contributed by atoms with Crippen molar-refractivity contribution in [3.05, 3.63) is 23.3 Å². The van der Waals surface area contributed by atoms with Gasteiger partial charge in [0.2, 0.25) is 0 Å². The van der Waals surface area contributed by atoms with Crippen LogP contribution in [-0.2, 0) is 4.79 Å². The molecule has 0 aromatic carbocycles. The number of carbonyl (C=O) groups is 1. The molecule has 0 rings (SSSR count). The van der Waals surface area contributed by atoms with Crippen molar-refractivity contribution in [1.82, 2.24) is 0 Å². The molecule has 0 aromatic heterocycles. The molecule has 116 valence electrons. The van der Waals surface area contributed by atoms with E-state index in [1.807, 2.05) is 19.9 Å². The molecule has 0 saturated carbocycles. The number of aliphatic hydroxyl groups is 1. The number of rotatable bonds is 10. The highest BCUT2D eigenvalue weighted by Crippen LogP contribution is 2.14. The van der Waals surface area contributed by atoms with Crippen LogP contribution < -0.4 is 0 Å². The summed E-state index contributed by atoms with van der Waals surface area (Å²) in [6, 6.07) is 0. The summed E-state index contributed by atoms with van der Waals surface area (Å²) in [6.07, 6.45) is 9.41. The van der Waals surface area contributed by atoms with Crippen molar-refractivity contribution < 1.29 is 9.90 Å². The van der Waals surface area contributed by atoms with Gasteiger partial charge in [0, 0.05) is 6.42 Å². The Balaban J connectivity index is 3.93. The summed E-state index contributed by atoms with van der Waals surface area (Å²) in [5, 5.41) is 9.19. The third-order valence-corrected chi connectivity index (χ3v) is 3.24. The summed E-state index contributed by atoms with van der Waals surface area (Å²) >= 11 is 0. The molecule has 0 radical (unpaired) electrons. The lowest BCUT2D eigenvalue weighted by atomic mass is 10.0. The van der Waals surface area contributed by atoms with E-state index in [2.05, 4.69) is 26.8 Å². The summed E-state index contributed by atoms with van der Waals surface area (Å²) in [4.78, 5) is 11.7. The Kier molecular flexibility index (Phi) is 10.4. The molecule has 0 saturated heterocycles.